The first-order valence-electron chi connectivity index (χ1n) is 8.28. The van der Waals surface area contributed by atoms with Crippen LogP contribution in [0.3, 0.4) is 0 Å². The van der Waals surface area contributed by atoms with Gasteiger partial charge in [-0.15, -0.1) is 6.58 Å². The van der Waals surface area contributed by atoms with Crippen LogP contribution in [0.25, 0.3) is 0 Å². The van der Waals surface area contributed by atoms with E-state index in [2.05, 4.69) is 17.2 Å². The molecule has 1 aromatic rings. The van der Waals surface area contributed by atoms with Crippen molar-refractivity contribution in [2.24, 2.45) is 0 Å². The molecule has 1 atom stereocenters. The molecule has 1 rings (SSSR count). The van der Waals surface area contributed by atoms with Gasteiger partial charge in [-0.05, 0) is 30.6 Å². The second-order valence-electron chi connectivity index (χ2n) is 5.44. The zero-order valence-electron chi connectivity index (χ0n) is 15.3. The summed E-state index contributed by atoms with van der Waals surface area (Å²) in [5.74, 6) is -1.52. The molecule has 10 heteroatoms. The molecule has 0 aromatic heterocycles. The molecule has 0 bridgehead atoms. The summed E-state index contributed by atoms with van der Waals surface area (Å²) in [7, 11) is 0. The lowest BCUT2D eigenvalue weighted by Crippen LogP contribution is -2.45. The van der Waals surface area contributed by atoms with Gasteiger partial charge in [0, 0.05) is 6.54 Å². The molecule has 0 aliphatic rings. The number of amides is 4. The normalized spacial score (nSPS) is 11.1. The maximum atomic E-state index is 12.4. The van der Waals surface area contributed by atoms with Crippen molar-refractivity contribution in [3.8, 4) is 0 Å². The molecule has 3 N–H and O–H groups in total. The SMILES string of the molecule is C=CCNC(=O)NC(=O)COC(=O)C(CCSC)NC(=O)c1ccccc1Cl. The van der Waals surface area contributed by atoms with E-state index in [9.17, 15) is 19.2 Å². The van der Waals surface area contributed by atoms with Gasteiger partial charge in [-0.3, -0.25) is 14.9 Å². The van der Waals surface area contributed by atoms with E-state index in [1.807, 2.05) is 11.6 Å². The number of halogens is 1. The molecule has 1 aromatic carbocycles. The fourth-order valence-electron chi connectivity index (χ4n) is 1.98. The van der Waals surface area contributed by atoms with E-state index in [0.717, 1.165) is 0 Å². The number of carbonyl (C=O) groups excluding carboxylic acids is 4. The number of imide groups is 1. The number of urea groups is 1. The van der Waals surface area contributed by atoms with Crippen molar-refractivity contribution in [1.82, 2.24) is 16.0 Å². The molecular formula is C18H22ClN3O5S. The first kappa shape index (κ1) is 23.5. The van der Waals surface area contributed by atoms with Crippen LogP contribution in [0.5, 0.6) is 0 Å². The van der Waals surface area contributed by atoms with Crippen molar-refractivity contribution in [2.45, 2.75) is 12.5 Å². The minimum absolute atomic E-state index is 0.184. The molecule has 8 nitrogen and oxygen atoms in total. The number of carbonyl (C=O) groups is 4. The topological polar surface area (TPSA) is 114 Å². The van der Waals surface area contributed by atoms with Gasteiger partial charge in [0.15, 0.2) is 6.61 Å². The Kier molecular flexibility index (Phi) is 10.7. The van der Waals surface area contributed by atoms with Crippen LogP contribution in [0, 0.1) is 0 Å². The average molecular weight is 428 g/mol. The van der Waals surface area contributed by atoms with Crippen LogP contribution in [0.15, 0.2) is 36.9 Å². The number of rotatable bonds is 10. The molecule has 0 fully saturated rings. The zero-order chi connectivity index (χ0) is 20.9. The molecule has 1 unspecified atom stereocenters. The third-order valence-corrected chi connectivity index (χ3v) is 4.30. The molecule has 0 saturated carbocycles. The van der Waals surface area contributed by atoms with Gasteiger partial charge in [0.2, 0.25) is 0 Å². The van der Waals surface area contributed by atoms with Crippen LogP contribution in [0.1, 0.15) is 16.8 Å². The maximum Gasteiger partial charge on any atom is 0.329 e. The van der Waals surface area contributed by atoms with E-state index < -0.39 is 36.5 Å². The fraction of sp³-hybridized carbons (Fsp3) is 0.333. The van der Waals surface area contributed by atoms with Gasteiger partial charge < -0.3 is 15.4 Å². The van der Waals surface area contributed by atoms with E-state index in [1.54, 1.807) is 18.2 Å². The van der Waals surface area contributed by atoms with Crippen LogP contribution >= 0.6 is 23.4 Å². The molecule has 4 amide bonds. The largest absolute Gasteiger partial charge is 0.454 e. The van der Waals surface area contributed by atoms with Crippen molar-refractivity contribution in [3.63, 3.8) is 0 Å². The minimum atomic E-state index is -0.960. The molecular weight excluding hydrogens is 406 g/mol. The van der Waals surface area contributed by atoms with Gasteiger partial charge in [0.1, 0.15) is 6.04 Å². The average Bonchev–Trinajstić information content (AvgIpc) is 2.67. The molecule has 152 valence electrons. The second kappa shape index (κ2) is 12.8. The van der Waals surface area contributed by atoms with E-state index in [0.29, 0.717) is 12.2 Å². The Bertz CT molecular complexity index is 729. The number of ether oxygens (including phenoxy) is 1. The van der Waals surface area contributed by atoms with Crippen molar-refractivity contribution in [2.75, 3.05) is 25.2 Å². The van der Waals surface area contributed by atoms with Gasteiger partial charge in [-0.25, -0.2) is 9.59 Å². The fourth-order valence-corrected chi connectivity index (χ4v) is 2.67. The highest BCUT2D eigenvalue weighted by Gasteiger charge is 2.24. The Hall–Kier alpha value is -2.52. The summed E-state index contributed by atoms with van der Waals surface area (Å²) in [6.07, 6.45) is 3.60. The van der Waals surface area contributed by atoms with Crippen molar-refractivity contribution >= 4 is 47.2 Å². The number of hydrogen-bond acceptors (Lipinski definition) is 6. The highest BCUT2D eigenvalue weighted by atomic mass is 35.5. The van der Waals surface area contributed by atoms with Gasteiger partial charge in [0.25, 0.3) is 11.8 Å². The number of nitrogens with one attached hydrogen (secondary N) is 3. The summed E-state index contributed by atoms with van der Waals surface area (Å²) in [5.41, 5.74) is 0.225. The third kappa shape index (κ3) is 8.45. The molecule has 0 heterocycles. The van der Waals surface area contributed by atoms with E-state index in [4.69, 9.17) is 16.3 Å². The number of hydrogen-bond donors (Lipinski definition) is 3. The summed E-state index contributed by atoms with van der Waals surface area (Å²) >= 11 is 7.48. The van der Waals surface area contributed by atoms with Gasteiger partial charge in [0.05, 0.1) is 10.6 Å². The molecule has 0 radical (unpaired) electrons. The molecule has 0 saturated heterocycles. The zero-order valence-corrected chi connectivity index (χ0v) is 16.9. The third-order valence-electron chi connectivity index (χ3n) is 3.32. The van der Waals surface area contributed by atoms with Crippen LogP contribution in [-0.2, 0) is 14.3 Å². The second-order valence-corrected chi connectivity index (χ2v) is 6.83. The van der Waals surface area contributed by atoms with E-state index in [1.165, 1.54) is 23.9 Å². The number of esters is 1. The number of benzene rings is 1. The quantitative estimate of drug-likeness (QED) is 0.387. The molecule has 0 aliphatic heterocycles. The smallest absolute Gasteiger partial charge is 0.329 e. The molecule has 28 heavy (non-hydrogen) atoms. The Morgan fingerprint density at radius 1 is 1.29 bits per heavy atom. The summed E-state index contributed by atoms with van der Waals surface area (Å²) in [4.78, 5) is 47.7. The predicted octanol–water partition coefficient (Wildman–Crippen LogP) is 1.75. The monoisotopic (exact) mass is 427 g/mol. The van der Waals surface area contributed by atoms with Gasteiger partial charge in [-0.1, -0.05) is 29.8 Å². The van der Waals surface area contributed by atoms with Crippen LogP contribution in [0.2, 0.25) is 5.02 Å². The highest BCUT2D eigenvalue weighted by molar-refractivity contribution is 7.98. The Balaban J connectivity index is 2.63. The minimum Gasteiger partial charge on any atom is -0.454 e. The van der Waals surface area contributed by atoms with Crippen LogP contribution < -0.4 is 16.0 Å². The van der Waals surface area contributed by atoms with E-state index >= 15 is 0 Å². The molecule has 0 spiro atoms. The highest BCUT2D eigenvalue weighted by Crippen LogP contribution is 2.15. The number of thioether (sulfide) groups is 1. The van der Waals surface area contributed by atoms with Crippen LogP contribution in [-0.4, -0.2) is 55.0 Å². The lowest BCUT2D eigenvalue weighted by molar-refractivity contribution is -0.150. The van der Waals surface area contributed by atoms with Gasteiger partial charge >= 0.3 is 12.0 Å². The summed E-state index contributed by atoms with van der Waals surface area (Å²) in [6.45, 7) is 2.95. The summed E-state index contributed by atoms with van der Waals surface area (Å²) in [5, 5.41) is 7.17. The lowest BCUT2D eigenvalue weighted by atomic mass is 10.1. The standard InChI is InChI=1S/C18H22ClN3O5S/c1-3-9-20-18(26)22-15(23)11-27-17(25)14(8-10-28-2)21-16(24)12-6-4-5-7-13(12)19/h3-7,14H,1,8-11H2,2H3,(H,21,24)(H2,20,22,23,26). The van der Waals surface area contributed by atoms with Crippen molar-refractivity contribution in [1.29, 1.82) is 0 Å². The maximum absolute atomic E-state index is 12.4. The predicted molar refractivity (Wildman–Crippen MR) is 108 cm³/mol. The van der Waals surface area contributed by atoms with Crippen LogP contribution in [0.4, 0.5) is 4.79 Å². The first-order valence-corrected chi connectivity index (χ1v) is 10.1. The Morgan fingerprint density at radius 3 is 2.64 bits per heavy atom. The van der Waals surface area contributed by atoms with Crippen molar-refractivity contribution < 1.29 is 23.9 Å². The lowest BCUT2D eigenvalue weighted by Gasteiger charge is -2.17. The Morgan fingerprint density at radius 2 is 2.00 bits per heavy atom. The van der Waals surface area contributed by atoms with Crippen molar-refractivity contribution in [3.05, 3.63) is 47.5 Å². The summed E-state index contributed by atoms with van der Waals surface area (Å²) in [6, 6.07) is 4.74. The van der Waals surface area contributed by atoms with E-state index in [-0.39, 0.29) is 17.1 Å². The first-order chi connectivity index (χ1) is 13.4. The van der Waals surface area contributed by atoms with Gasteiger partial charge in [-0.2, -0.15) is 11.8 Å². The molecule has 0 aliphatic carbocycles. The Labute approximate surface area is 172 Å². The summed E-state index contributed by atoms with van der Waals surface area (Å²) < 4.78 is 4.93.